The van der Waals surface area contributed by atoms with E-state index in [4.69, 9.17) is 16.3 Å². The minimum atomic E-state index is -0.636. The maximum atomic E-state index is 13.7. The Kier molecular flexibility index (Phi) is 5.48. The second kappa shape index (κ2) is 8.24. The number of hydrogen-bond acceptors (Lipinski definition) is 4. The molecule has 2 amide bonds. The Morgan fingerprint density at radius 1 is 0.968 bits per heavy atom. The first-order chi connectivity index (χ1) is 14.9. The molecule has 0 aromatic heterocycles. The molecule has 1 heterocycles. The Morgan fingerprint density at radius 3 is 2.39 bits per heavy atom. The monoisotopic (exact) mass is 436 g/mol. The van der Waals surface area contributed by atoms with Gasteiger partial charge in [-0.05, 0) is 48.4 Å². The van der Waals surface area contributed by atoms with Crippen molar-refractivity contribution in [3.05, 3.63) is 94.4 Å². The van der Waals surface area contributed by atoms with E-state index in [2.05, 4.69) is 5.32 Å². The molecule has 0 atom stereocenters. The first-order valence-electron chi connectivity index (χ1n) is 9.46. The van der Waals surface area contributed by atoms with Crippen LogP contribution in [0.1, 0.15) is 11.1 Å². The first-order valence-corrected chi connectivity index (χ1v) is 9.83. The van der Waals surface area contributed by atoms with Crippen molar-refractivity contribution < 1.29 is 18.7 Å². The van der Waals surface area contributed by atoms with Gasteiger partial charge in [-0.15, -0.1) is 0 Å². The highest BCUT2D eigenvalue weighted by Gasteiger charge is 2.40. The molecule has 5 nitrogen and oxygen atoms in total. The molecule has 1 aliphatic rings. The predicted octanol–water partition coefficient (Wildman–Crippen LogP) is 5.19. The number of imide groups is 1. The summed E-state index contributed by atoms with van der Waals surface area (Å²) < 4.78 is 19.1. The molecular weight excluding hydrogens is 419 g/mol. The molecule has 156 valence electrons. The minimum absolute atomic E-state index is 0.0977. The third-order valence-corrected chi connectivity index (χ3v) is 5.21. The van der Waals surface area contributed by atoms with Gasteiger partial charge in [0.1, 0.15) is 17.3 Å². The van der Waals surface area contributed by atoms with Gasteiger partial charge in [0, 0.05) is 0 Å². The molecule has 0 unspecified atom stereocenters. The Morgan fingerprint density at radius 2 is 1.71 bits per heavy atom. The summed E-state index contributed by atoms with van der Waals surface area (Å²) in [7, 11) is 1.52. The third-order valence-electron chi connectivity index (χ3n) is 4.92. The molecule has 0 saturated carbocycles. The number of amides is 2. The zero-order chi connectivity index (χ0) is 22.1. The van der Waals surface area contributed by atoms with Gasteiger partial charge in [0.05, 0.1) is 29.1 Å². The SMILES string of the molecule is COc1ccc(C)cc1NC1=C(c2ccccc2)C(=O)N(c2ccc(F)c(Cl)c2)C1=O. The quantitative estimate of drug-likeness (QED) is 0.559. The highest BCUT2D eigenvalue weighted by Crippen LogP contribution is 2.36. The summed E-state index contributed by atoms with van der Waals surface area (Å²) in [6.07, 6.45) is 0. The van der Waals surface area contributed by atoms with Crippen LogP contribution in [0.2, 0.25) is 5.02 Å². The van der Waals surface area contributed by atoms with Crippen molar-refractivity contribution in [3.63, 3.8) is 0 Å². The summed E-state index contributed by atoms with van der Waals surface area (Å²) >= 11 is 5.89. The van der Waals surface area contributed by atoms with Gasteiger partial charge in [0.15, 0.2) is 0 Å². The standard InChI is InChI=1S/C24H18ClFN2O3/c1-14-8-11-20(31-2)19(12-14)27-22-21(15-6-4-3-5-7-15)23(29)28(24(22)30)16-9-10-18(26)17(25)13-16/h3-13,27H,1-2H3. The number of benzene rings is 3. The van der Waals surface area contributed by atoms with Crippen LogP contribution < -0.4 is 15.0 Å². The summed E-state index contributed by atoms with van der Waals surface area (Å²) in [5.41, 5.74) is 2.55. The fraction of sp³-hybridized carbons (Fsp3) is 0.0833. The van der Waals surface area contributed by atoms with E-state index in [9.17, 15) is 14.0 Å². The molecule has 1 aliphatic heterocycles. The van der Waals surface area contributed by atoms with E-state index in [1.54, 1.807) is 30.3 Å². The summed E-state index contributed by atoms with van der Waals surface area (Å²) in [6.45, 7) is 1.91. The van der Waals surface area contributed by atoms with Crippen LogP contribution in [0.4, 0.5) is 15.8 Å². The summed E-state index contributed by atoms with van der Waals surface area (Å²) in [6, 6.07) is 18.1. The van der Waals surface area contributed by atoms with Crippen LogP contribution in [-0.4, -0.2) is 18.9 Å². The van der Waals surface area contributed by atoms with E-state index < -0.39 is 17.6 Å². The van der Waals surface area contributed by atoms with Crippen LogP contribution in [0.3, 0.4) is 0 Å². The van der Waals surface area contributed by atoms with Crippen molar-refractivity contribution in [2.24, 2.45) is 0 Å². The summed E-state index contributed by atoms with van der Waals surface area (Å²) in [5, 5.41) is 2.91. The highest BCUT2D eigenvalue weighted by atomic mass is 35.5. The number of nitrogens with one attached hydrogen (secondary N) is 1. The van der Waals surface area contributed by atoms with Gasteiger partial charge < -0.3 is 10.1 Å². The average molecular weight is 437 g/mol. The zero-order valence-corrected chi connectivity index (χ0v) is 17.5. The molecule has 0 saturated heterocycles. The van der Waals surface area contributed by atoms with Gasteiger partial charge in [-0.25, -0.2) is 9.29 Å². The minimum Gasteiger partial charge on any atom is -0.495 e. The van der Waals surface area contributed by atoms with Crippen molar-refractivity contribution in [3.8, 4) is 5.75 Å². The van der Waals surface area contributed by atoms with E-state index in [0.29, 0.717) is 17.0 Å². The Labute approximate surface area is 183 Å². The first kappa shape index (κ1) is 20.6. The fourth-order valence-corrected chi connectivity index (χ4v) is 3.61. The van der Waals surface area contributed by atoms with Crippen molar-refractivity contribution in [2.45, 2.75) is 6.92 Å². The molecular formula is C24H18ClFN2O3. The van der Waals surface area contributed by atoms with Gasteiger partial charge in [-0.3, -0.25) is 9.59 Å². The number of anilines is 2. The lowest BCUT2D eigenvalue weighted by Gasteiger charge is -2.16. The molecule has 0 spiro atoms. The van der Waals surface area contributed by atoms with Gasteiger partial charge in [-0.1, -0.05) is 48.0 Å². The number of aryl methyl sites for hydroxylation is 1. The third kappa shape index (κ3) is 3.78. The lowest BCUT2D eigenvalue weighted by atomic mass is 10.0. The molecule has 0 fully saturated rings. The number of carbonyl (C=O) groups is 2. The molecule has 1 N–H and O–H groups in total. The van der Waals surface area contributed by atoms with Crippen molar-refractivity contribution in [2.75, 3.05) is 17.3 Å². The van der Waals surface area contributed by atoms with Gasteiger partial charge >= 0.3 is 0 Å². The molecule has 0 aliphatic carbocycles. The van der Waals surface area contributed by atoms with E-state index >= 15 is 0 Å². The van der Waals surface area contributed by atoms with Gasteiger partial charge in [0.2, 0.25) is 0 Å². The normalized spacial score (nSPS) is 13.7. The Bertz CT molecular complexity index is 1220. The van der Waals surface area contributed by atoms with Gasteiger partial charge in [0.25, 0.3) is 11.8 Å². The van der Waals surface area contributed by atoms with Crippen molar-refractivity contribution >= 4 is 40.4 Å². The van der Waals surface area contributed by atoms with Crippen LogP contribution in [0, 0.1) is 12.7 Å². The number of hydrogen-bond donors (Lipinski definition) is 1. The zero-order valence-electron chi connectivity index (χ0n) is 16.8. The lowest BCUT2D eigenvalue weighted by Crippen LogP contribution is -2.32. The smallest absolute Gasteiger partial charge is 0.282 e. The number of rotatable bonds is 5. The van der Waals surface area contributed by atoms with Crippen LogP contribution in [-0.2, 0) is 9.59 Å². The Balaban J connectivity index is 1.85. The predicted molar refractivity (Wildman–Crippen MR) is 119 cm³/mol. The second-order valence-electron chi connectivity index (χ2n) is 6.99. The molecule has 7 heteroatoms. The number of ether oxygens (including phenoxy) is 1. The summed E-state index contributed by atoms with van der Waals surface area (Å²) in [5.74, 6) is -1.22. The Hall–Kier alpha value is -3.64. The van der Waals surface area contributed by atoms with E-state index in [-0.39, 0.29) is 22.0 Å². The second-order valence-corrected chi connectivity index (χ2v) is 7.40. The van der Waals surface area contributed by atoms with Crippen molar-refractivity contribution in [1.29, 1.82) is 0 Å². The molecule has 31 heavy (non-hydrogen) atoms. The summed E-state index contributed by atoms with van der Waals surface area (Å²) in [4.78, 5) is 27.8. The molecule has 4 rings (SSSR count). The van der Waals surface area contributed by atoms with E-state index in [0.717, 1.165) is 16.5 Å². The van der Waals surface area contributed by atoms with E-state index in [1.807, 2.05) is 25.1 Å². The number of halogens is 2. The van der Waals surface area contributed by atoms with Crippen LogP contribution >= 0.6 is 11.6 Å². The topological polar surface area (TPSA) is 58.6 Å². The molecule has 0 radical (unpaired) electrons. The number of methoxy groups -OCH3 is 1. The average Bonchev–Trinajstić information content (AvgIpc) is 3.00. The fourth-order valence-electron chi connectivity index (χ4n) is 3.43. The van der Waals surface area contributed by atoms with Crippen LogP contribution in [0.15, 0.2) is 72.4 Å². The highest BCUT2D eigenvalue weighted by molar-refractivity contribution is 6.46. The van der Waals surface area contributed by atoms with Crippen LogP contribution in [0.5, 0.6) is 5.75 Å². The molecule has 3 aromatic carbocycles. The van der Waals surface area contributed by atoms with Gasteiger partial charge in [-0.2, -0.15) is 0 Å². The number of nitrogens with zero attached hydrogens (tertiary/aromatic N) is 1. The maximum absolute atomic E-state index is 13.7. The van der Waals surface area contributed by atoms with Crippen LogP contribution in [0.25, 0.3) is 5.57 Å². The lowest BCUT2D eigenvalue weighted by molar-refractivity contribution is -0.120. The molecule has 3 aromatic rings. The number of carbonyl (C=O) groups excluding carboxylic acids is 2. The van der Waals surface area contributed by atoms with Crippen molar-refractivity contribution in [1.82, 2.24) is 0 Å². The largest absolute Gasteiger partial charge is 0.495 e. The maximum Gasteiger partial charge on any atom is 0.282 e. The molecule has 0 bridgehead atoms. The van der Waals surface area contributed by atoms with E-state index in [1.165, 1.54) is 19.2 Å².